The summed E-state index contributed by atoms with van der Waals surface area (Å²) in [5.74, 6) is -6.35. The zero-order chi connectivity index (χ0) is 14.3. The highest BCUT2D eigenvalue weighted by molar-refractivity contribution is 6.32. The molecule has 1 aromatic carbocycles. The molecule has 0 saturated heterocycles. The van der Waals surface area contributed by atoms with E-state index < -0.39 is 28.7 Å². The quantitative estimate of drug-likeness (QED) is 0.349. The van der Waals surface area contributed by atoms with Crippen molar-refractivity contribution in [2.24, 2.45) is 0 Å². The Hall–Kier alpha value is -1.04. The van der Waals surface area contributed by atoms with Gasteiger partial charge in [0, 0.05) is 6.07 Å². The van der Waals surface area contributed by atoms with Gasteiger partial charge in [0.1, 0.15) is 13.7 Å². The number of halogens is 4. The highest BCUT2D eigenvalue weighted by Gasteiger charge is 2.14. The summed E-state index contributed by atoms with van der Waals surface area (Å²) in [5.41, 5.74) is -1.01. The molecule has 0 bridgehead atoms. The number of rotatable bonds is 3. The van der Waals surface area contributed by atoms with Crippen molar-refractivity contribution in [3.05, 3.63) is 29.3 Å². The second-order valence-electron chi connectivity index (χ2n) is 3.50. The molecular weight excluding hydrogens is 245 g/mol. The maximum absolute atomic E-state index is 12.3. The molecule has 0 spiro atoms. The lowest BCUT2D eigenvalue weighted by molar-refractivity contribution is 0.321. The molecule has 0 amide bonds. The summed E-state index contributed by atoms with van der Waals surface area (Å²) in [6.45, 7) is 10.1. The summed E-state index contributed by atoms with van der Waals surface area (Å²) >= 11 is 0. The molecule has 100 valence electrons. The second kappa shape index (κ2) is 8.13. The lowest BCUT2D eigenvalue weighted by atomic mass is 9.94. The number of benzene rings is 1. The van der Waals surface area contributed by atoms with Gasteiger partial charge < -0.3 is 4.90 Å². The van der Waals surface area contributed by atoms with E-state index in [-0.39, 0.29) is 6.07 Å². The first kappa shape index (κ1) is 17.0. The zero-order valence-electron chi connectivity index (χ0n) is 10.7. The van der Waals surface area contributed by atoms with Crippen LogP contribution in [0.2, 0.25) is 0 Å². The first-order chi connectivity index (χ1) is 8.38. The molecule has 0 atom stereocenters. The monoisotopic (exact) mass is 261 g/mol. The minimum atomic E-state index is -1.76. The molecule has 0 N–H and O–H groups in total. The molecule has 0 unspecified atom stereocenters. The molecule has 2 radical (unpaired) electrons. The Bertz CT molecular complexity index is 349. The Morgan fingerprint density at radius 2 is 1.33 bits per heavy atom. The molecule has 1 nitrogen and oxygen atoms in total. The average molecular weight is 261 g/mol. The summed E-state index contributed by atoms with van der Waals surface area (Å²) < 4.78 is 48.8. The second-order valence-corrected chi connectivity index (χ2v) is 3.50. The first-order valence-electron chi connectivity index (χ1n) is 5.69. The van der Waals surface area contributed by atoms with Crippen LogP contribution in [-0.4, -0.2) is 32.4 Å². The van der Waals surface area contributed by atoms with Crippen LogP contribution in [0, 0.1) is 23.3 Å². The Balaban J connectivity index is 0.000000360. The van der Waals surface area contributed by atoms with Gasteiger partial charge >= 0.3 is 0 Å². The average Bonchev–Trinajstić information content (AvgIpc) is 2.37. The molecule has 1 rings (SSSR count). The summed E-state index contributed by atoms with van der Waals surface area (Å²) in [6, 6.07) is 0.188. The molecule has 0 fully saturated rings. The fourth-order valence-electron chi connectivity index (χ4n) is 1.25. The molecule has 0 aliphatic heterocycles. The van der Waals surface area contributed by atoms with E-state index in [1.807, 2.05) is 0 Å². The summed E-state index contributed by atoms with van der Waals surface area (Å²) in [5, 5.41) is 0. The van der Waals surface area contributed by atoms with Crippen LogP contribution in [0.5, 0.6) is 0 Å². The van der Waals surface area contributed by atoms with Gasteiger partial charge in [0.05, 0.1) is 0 Å². The van der Waals surface area contributed by atoms with Gasteiger partial charge in [-0.2, -0.15) is 0 Å². The van der Waals surface area contributed by atoms with Crippen LogP contribution in [0.3, 0.4) is 0 Å². The summed E-state index contributed by atoms with van der Waals surface area (Å²) in [7, 11) is 4.69. The summed E-state index contributed by atoms with van der Waals surface area (Å²) in [6.07, 6.45) is 0. The highest BCUT2D eigenvalue weighted by atomic mass is 19.2. The van der Waals surface area contributed by atoms with E-state index >= 15 is 0 Å². The summed E-state index contributed by atoms with van der Waals surface area (Å²) in [4.78, 5) is 2.38. The van der Waals surface area contributed by atoms with E-state index in [2.05, 4.69) is 25.7 Å². The van der Waals surface area contributed by atoms with Crippen LogP contribution in [0.25, 0.3) is 0 Å². The maximum atomic E-state index is 12.3. The van der Waals surface area contributed by atoms with Crippen molar-refractivity contribution in [2.45, 2.75) is 20.8 Å². The van der Waals surface area contributed by atoms with Crippen LogP contribution in [0.4, 0.5) is 17.6 Å². The lowest BCUT2D eigenvalue weighted by Gasteiger charge is -2.13. The van der Waals surface area contributed by atoms with Gasteiger partial charge in [-0.25, -0.2) is 17.6 Å². The predicted molar refractivity (Wildman–Crippen MR) is 65.1 cm³/mol. The van der Waals surface area contributed by atoms with Crippen molar-refractivity contribution in [1.29, 1.82) is 0 Å². The van der Waals surface area contributed by atoms with Crippen LogP contribution in [0.15, 0.2) is 6.07 Å². The van der Waals surface area contributed by atoms with Gasteiger partial charge in [0.15, 0.2) is 17.5 Å². The zero-order valence-corrected chi connectivity index (χ0v) is 10.7. The van der Waals surface area contributed by atoms with Crippen molar-refractivity contribution in [3.8, 4) is 0 Å². The van der Waals surface area contributed by atoms with Crippen LogP contribution < -0.4 is 5.46 Å². The highest BCUT2D eigenvalue weighted by Crippen LogP contribution is 2.09. The molecule has 0 aliphatic rings. The Morgan fingerprint density at radius 3 is 1.67 bits per heavy atom. The first-order valence-corrected chi connectivity index (χ1v) is 5.69. The molecule has 0 heterocycles. The van der Waals surface area contributed by atoms with Crippen LogP contribution >= 0.6 is 0 Å². The molecule has 6 heteroatoms. The smallest absolute Gasteiger partial charge is 0.193 e. The molecule has 1 aromatic rings. The SMILES string of the molecule is CCN(CC)CC.[B]c1c(F)cc(F)c(F)c1F. The van der Waals surface area contributed by atoms with E-state index in [9.17, 15) is 17.6 Å². The van der Waals surface area contributed by atoms with Gasteiger partial charge in [-0.3, -0.25) is 0 Å². The van der Waals surface area contributed by atoms with E-state index in [0.29, 0.717) is 0 Å². The van der Waals surface area contributed by atoms with Gasteiger partial charge in [-0.15, -0.1) is 0 Å². The Labute approximate surface area is 106 Å². The molecule has 0 aromatic heterocycles. The molecule has 0 saturated carbocycles. The fourth-order valence-corrected chi connectivity index (χ4v) is 1.25. The van der Waals surface area contributed by atoms with Crippen molar-refractivity contribution in [1.82, 2.24) is 4.90 Å². The Kier molecular flexibility index (Phi) is 7.67. The fraction of sp³-hybridized carbons (Fsp3) is 0.500. The largest absolute Gasteiger partial charge is 0.304 e. The third kappa shape index (κ3) is 4.68. The topological polar surface area (TPSA) is 3.24 Å². The lowest BCUT2D eigenvalue weighted by Crippen LogP contribution is -2.21. The predicted octanol–water partition coefficient (Wildman–Crippen LogP) is 2.38. The van der Waals surface area contributed by atoms with Gasteiger partial charge in [0.25, 0.3) is 0 Å². The van der Waals surface area contributed by atoms with Crippen LogP contribution in [0.1, 0.15) is 20.8 Å². The van der Waals surface area contributed by atoms with Crippen molar-refractivity contribution in [3.63, 3.8) is 0 Å². The minimum absolute atomic E-state index is 0.188. The van der Waals surface area contributed by atoms with Gasteiger partial charge in [0.2, 0.25) is 0 Å². The van der Waals surface area contributed by atoms with Crippen molar-refractivity contribution in [2.75, 3.05) is 19.6 Å². The minimum Gasteiger partial charge on any atom is -0.304 e. The van der Waals surface area contributed by atoms with Gasteiger partial charge in [-0.1, -0.05) is 20.8 Å². The van der Waals surface area contributed by atoms with Crippen LogP contribution in [-0.2, 0) is 0 Å². The standard InChI is InChI=1S/C6HBF4.C6H15N/c7-4-2(8)1-3(9)5(10)6(4)11;1-4-7(5-2)6-3/h1H;4-6H2,1-3H3. The third-order valence-electron chi connectivity index (χ3n) is 2.49. The Morgan fingerprint density at radius 1 is 0.889 bits per heavy atom. The number of nitrogens with zero attached hydrogens (tertiary/aromatic N) is 1. The van der Waals surface area contributed by atoms with E-state index in [0.717, 1.165) is 0 Å². The molecule has 0 aliphatic carbocycles. The third-order valence-corrected chi connectivity index (χ3v) is 2.49. The molecule has 18 heavy (non-hydrogen) atoms. The molecular formula is C12H16BF4N. The maximum Gasteiger partial charge on any atom is 0.193 e. The van der Waals surface area contributed by atoms with Gasteiger partial charge in [-0.05, 0) is 25.1 Å². The van der Waals surface area contributed by atoms with Crippen molar-refractivity contribution >= 4 is 13.3 Å². The van der Waals surface area contributed by atoms with E-state index in [1.54, 1.807) is 0 Å². The van der Waals surface area contributed by atoms with Crippen molar-refractivity contribution < 1.29 is 17.6 Å². The van der Waals surface area contributed by atoms with E-state index in [4.69, 9.17) is 7.85 Å². The normalized spacial score (nSPS) is 10.2. The number of hydrogen-bond donors (Lipinski definition) is 0. The number of hydrogen-bond acceptors (Lipinski definition) is 1. The van der Waals surface area contributed by atoms with E-state index in [1.165, 1.54) is 19.6 Å².